The number of nitrogens with zero attached hydrogens (tertiary/aromatic N) is 5. The van der Waals surface area contributed by atoms with Gasteiger partial charge in [-0.3, -0.25) is 14.5 Å². The Bertz CT molecular complexity index is 1470. The Morgan fingerprint density at radius 3 is 2.62 bits per heavy atom. The van der Waals surface area contributed by atoms with E-state index in [-0.39, 0.29) is 34.8 Å². The molecule has 0 unspecified atom stereocenters. The number of ketones is 1. The van der Waals surface area contributed by atoms with Crippen LogP contribution in [0.15, 0.2) is 49.1 Å². The van der Waals surface area contributed by atoms with Gasteiger partial charge in [0.1, 0.15) is 17.3 Å². The zero-order chi connectivity index (χ0) is 26.3. The zero-order valence-electron chi connectivity index (χ0n) is 20.4. The second-order valence-electron chi connectivity index (χ2n) is 8.95. The summed E-state index contributed by atoms with van der Waals surface area (Å²) in [5, 5.41) is 3.65. The lowest BCUT2D eigenvalue weighted by Crippen LogP contribution is -2.30. The molecule has 0 fully saturated rings. The molecule has 5 rings (SSSR count). The minimum atomic E-state index is -4.68. The number of aromatic nitrogens is 5. The Morgan fingerprint density at radius 1 is 1.14 bits per heavy atom. The molecule has 1 aromatic carbocycles. The standard InChI is InChI=1S/C26H24F3N5O3/c1-15-30-6-7-34(15)12-16-8-20(22-13-33(2)32-25(22)26(27,28)29)24-21(9-16)23(35)17(14-37-24)10-18-11-19(36-3)4-5-31-18/h4-9,11,13,17H,10,12,14H2,1-3H3/t17-/m0/s1. The highest BCUT2D eigenvalue weighted by Gasteiger charge is 2.39. The average molecular weight is 512 g/mol. The van der Waals surface area contributed by atoms with E-state index in [1.165, 1.54) is 13.2 Å². The van der Waals surface area contributed by atoms with Crippen LogP contribution in [0.2, 0.25) is 0 Å². The van der Waals surface area contributed by atoms with Crippen LogP contribution < -0.4 is 9.47 Å². The van der Waals surface area contributed by atoms with Crippen LogP contribution in [-0.4, -0.2) is 43.8 Å². The number of carbonyl (C=O) groups is 1. The Hall–Kier alpha value is -4.15. The number of pyridine rings is 1. The summed E-state index contributed by atoms with van der Waals surface area (Å²) in [6, 6.07) is 6.77. The largest absolute Gasteiger partial charge is 0.497 e. The summed E-state index contributed by atoms with van der Waals surface area (Å²) in [5.74, 6) is 0.715. The molecule has 1 atom stereocenters. The number of hydrogen-bond donors (Lipinski definition) is 0. The van der Waals surface area contributed by atoms with Crippen molar-refractivity contribution in [1.82, 2.24) is 24.3 Å². The van der Waals surface area contributed by atoms with Gasteiger partial charge in [0.2, 0.25) is 0 Å². The summed E-state index contributed by atoms with van der Waals surface area (Å²) in [5.41, 5.74) is 0.534. The predicted molar refractivity (Wildman–Crippen MR) is 128 cm³/mol. The van der Waals surface area contributed by atoms with E-state index in [1.807, 2.05) is 11.5 Å². The lowest BCUT2D eigenvalue weighted by molar-refractivity contribution is -0.140. The molecule has 3 aromatic heterocycles. The van der Waals surface area contributed by atoms with Gasteiger partial charge in [-0.15, -0.1) is 0 Å². The van der Waals surface area contributed by atoms with Crippen LogP contribution in [0.25, 0.3) is 11.1 Å². The molecule has 0 amide bonds. The molecular formula is C26H24F3N5O3. The number of Topliss-reactive ketones (excluding diaryl/α,β-unsaturated/α-hetero) is 1. The third-order valence-corrected chi connectivity index (χ3v) is 6.36. The van der Waals surface area contributed by atoms with Crippen LogP contribution in [0, 0.1) is 12.8 Å². The maximum atomic E-state index is 13.9. The molecule has 0 N–H and O–H groups in total. The number of carbonyl (C=O) groups excluding carboxylic acids is 1. The van der Waals surface area contributed by atoms with Gasteiger partial charge in [0, 0.05) is 67.7 Å². The Balaban J connectivity index is 1.60. The SMILES string of the molecule is COc1ccnc(C[C@H]2COc3c(cc(Cn4ccnc4C)cc3-c3cn(C)nc3C(F)(F)F)C2=O)c1. The van der Waals surface area contributed by atoms with Crippen molar-refractivity contribution >= 4 is 5.78 Å². The normalized spacial score (nSPS) is 15.4. The van der Waals surface area contributed by atoms with Gasteiger partial charge in [0.25, 0.3) is 0 Å². The van der Waals surface area contributed by atoms with Gasteiger partial charge >= 0.3 is 6.18 Å². The van der Waals surface area contributed by atoms with Crippen molar-refractivity contribution in [3.63, 3.8) is 0 Å². The van der Waals surface area contributed by atoms with Crippen LogP contribution in [-0.2, 0) is 26.2 Å². The molecule has 11 heteroatoms. The number of methoxy groups -OCH3 is 1. The van der Waals surface area contributed by atoms with Crippen LogP contribution in [0.3, 0.4) is 0 Å². The van der Waals surface area contributed by atoms with Crippen molar-refractivity contribution in [1.29, 1.82) is 0 Å². The molecule has 1 aliphatic rings. The molecule has 0 saturated carbocycles. The molecule has 0 spiro atoms. The molecule has 0 saturated heterocycles. The van der Waals surface area contributed by atoms with E-state index in [1.54, 1.807) is 50.0 Å². The van der Waals surface area contributed by atoms with Gasteiger partial charge < -0.3 is 14.0 Å². The maximum absolute atomic E-state index is 13.9. The van der Waals surface area contributed by atoms with Gasteiger partial charge in [-0.2, -0.15) is 18.3 Å². The average Bonchev–Trinajstić information content (AvgIpc) is 3.46. The van der Waals surface area contributed by atoms with Crippen molar-refractivity contribution in [2.75, 3.05) is 13.7 Å². The fourth-order valence-corrected chi connectivity index (χ4v) is 4.56. The number of hydrogen-bond acceptors (Lipinski definition) is 6. The maximum Gasteiger partial charge on any atom is 0.435 e. The summed E-state index contributed by atoms with van der Waals surface area (Å²) in [7, 11) is 2.97. The van der Waals surface area contributed by atoms with Gasteiger partial charge in [0.15, 0.2) is 11.5 Å². The number of fused-ring (bicyclic) bond motifs is 1. The van der Waals surface area contributed by atoms with Crippen molar-refractivity contribution < 1.29 is 27.4 Å². The fourth-order valence-electron chi connectivity index (χ4n) is 4.56. The van der Waals surface area contributed by atoms with Gasteiger partial charge in [-0.25, -0.2) is 4.98 Å². The number of rotatable bonds is 6. The first-order valence-corrected chi connectivity index (χ1v) is 11.6. The third kappa shape index (κ3) is 4.81. The molecular weight excluding hydrogens is 487 g/mol. The van der Waals surface area contributed by atoms with Crippen LogP contribution >= 0.6 is 0 Å². The second-order valence-corrected chi connectivity index (χ2v) is 8.95. The van der Waals surface area contributed by atoms with Crippen molar-refractivity contribution in [3.8, 4) is 22.6 Å². The number of benzene rings is 1. The zero-order valence-corrected chi connectivity index (χ0v) is 20.4. The van der Waals surface area contributed by atoms with E-state index in [0.29, 0.717) is 30.0 Å². The van der Waals surface area contributed by atoms with E-state index in [0.717, 1.165) is 10.5 Å². The summed E-state index contributed by atoms with van der Waals surface area (Å²) >= 11 is 0. The number of imidazole rings is 1. The van der Waals surface area contributed by atoms with Crippen molar-refractivity contribution in [2.24, 2.45) is 13.0 Å². The van der Waals surface area contributed by atoms with Crippen LogP contribution in [0.1, 0.15) is 33.1 Å². The molecule has 192 valence electrons. The lowest BCUT2D eigenvalue weighted by atomic mass is 9.87. The van der Waals surface area contributed by atoms with E-state index < -0.39 is 17.8 Å². The highest BCUT2D eigenvalue weighted by molar-refractivity contribution is 6.04. The van der Waals surface area contributed by atoms with Crippen LogP contribution in [0.5, 0.6) is 11.5 Å². The number of halogens is 3. The van der Waals surface area contributed by atoms with Crippen molar-refractivity contribution in [3.05, 3.63) is 77.4 Å². The minimum absolute atomic E-state index is 0.0132. The highest BCUT2D eigenvalue weighted by Crippen LogP contribution is 2.44. The summed E-state index contributed by atoms with van der Waals surface area (Å²) in [4.78, 5) is 22.2. The molecule has 4 heterocycles. The predicted octanol–water partition coefficient (Wildman–Crippen LogP) is 4.50. The molecule has 37 heavy (non-hydrogen) atoms. The van der Waals surface area contributed by atoms with Crippen molar-refractivity contribution in [2.45, 2.75) is 26.1 Å². The topological polar surface area (TPSA) is 84.1 Å². The molecule has 4 aromatic rings. The third-order valence-electron chi connectivity index (χ3n) is 6.36. The van der Waals surface area contributed by atoms with E-state index in [9.17, 15) is 18.0 Å². The number of ether oxygens (including phenoxy) is 2. The van der Waals surface area contributed by atoms with E-state index in [4.69, 9.17) is 9.47 Å². The lowest BCUT2D eigenvalue weighted by Gasteiger charge is -2.27. The van der Waals surface area contributed by atoms with Crippen LogP contribution in [0.4, 0.5) is 13.2 Å². The monoisotopic (exact) mass is 511 g/mol. The summed E-state index contributed by atoms with van der Waals surface area (Å²) < 4.78 is 55.8. The molecule has 8 nitrogen and oxygen atoms in total. The molecule has 0 aliphatic carbocycles. The van der Waals surface area contributed by atoms with E-state index in [2.05, 4.69) is 15.1 Å². The molecule has 1 aliphatic heterocycles. The first-order valence-electron chi connectivity index (χ1n) is 11.6. The quantitative estimate of drug-likeness (QED) is 0.379. The van der Waals surface area contributed by atoms with Gasteiger partial charge in [-0.05, 0) is 30.7 Å². The van der Waals surface area contributed by atoms with E-state index >= 15 is 0 Å². The summed E-state index contributed by atoms with van der Waals surface area (Å²) in [6.45, 7) is 2.16. The Kier molecular flexibility index (Phi) is 6.22. The number of alkyl halides is 3. The van der Waals surface area contributed by atoms with Gasteiger partial charge in [0.05, 0.1) is 25.2 Å². The first kappa shape index (κ1) is 24.5. The first-order chi connectivity index (χ1) is 17.6. The summed E-state index contributed by atoms with van der Waals surface area (Å²) in [6.07, 6.45) is 1.93. The van der Waals surface area contributed by atoms with Gasteiger partial charge in [-0.1, -0.05) is 0 Å². The highest BCUT2D eigenvalue weighted by atomic mass is 19.4. The minimum Gasteiger partial charge on any atom is -0.497 e. The molecule has 0 radical (unpaired) electrons. The fraction of sp³-hybridized carbons (Fsp3) is 0.308. The smallest absolute Gasteiger partial charge is 0.435 e. The molecule has 0 bridgehead atoms. The Morgan fingerprint density at radius 2 is 1.92 bits per heavy atom. The second kappa shape index (κ2) is 9.38. The Labute approximate surface area is 210 Å². The number of aryl methyl sites for hydroxylation is 2.